The molecule has 1 heterocycles. The molecule has 1 aliphatic rings. The van der Waals surface area contributed by atoms with E-state index < -0.39 is 0 Å². The van der Waals surface area contributed by atoms with Crippen LogP contribution in [-0.2, 0) is 9.47 Å². The van der Waals surface area contributed by atoms with Crippen molar-refractivity contribution >= 4 is 17.7 Å². The fraction of sp³-hybridized carbons (Fsp3) is 0.933. The van der Waals surface area contributed by atoms with Crippen LogP contribution in [0.1, 0.15) is 20.3 Å². The number of nitrogens with one attached hydrogen (secondary N) is 1. The fourth-order valence-electron chi connectivity index (χ4n) is 2.22. The summed E-state index contributed by atoms with van der Waals surface area (Å²) in [6, 6.07) is 0. The fourth-order valence-corrected chi connectivity index (χ4v) is 3.52. The van der Waals surface area contributed by atoms with Crippen molar-refractivity contribution in [2.24, 2.45) is 10.9 Å². The molecule has 0 amide bonds. The number of nitrogens with zero attached hydrogens (tertiary/aromatic N) is 2. The number of rotatable bonds is 8. The monoisotopic (exact) mass is 317 g/mol. The second-order valence-electron chi connectivity index (χ2n) is 5.53. The minimum absolute atomic E-state index is 0.664. The van der Waals surface area contributed by atoms with Crippen LogP contribution in [0.5, 0.6) is 0 Å². The maximum absolute atomic E-state index is 5.46. The van der Waals surface area contributed by atoms with E-state index in [1.165, 1.54) is 5.75 Å². The molecule has 1 aliphatic heterocycles. The molecule has 0 bridgehead atoms. The third-order valence-corrected chi connectivity index (χ3v) is 5.07. The molecule has 5 nitrogen and oxygen atoms in total. The second-order valence-corrected chi connectivity index (χ2v) is 6.88. The van der Waals surface area contributed by atoms with Crippen LogP contribution in [-0.4, -0.2) is 75.5 Å². The van der Waals surface area contributed by atoms with Gasteiger partial charge in [0.05, 0.1) is 13.2 Å². The summed E-state index contributed by atoms with van der Waals surface area (Å²) in [7, 11) is 3.56. The molecule has 6 heteroatoms. The van der Waals surface area contributed by atoms with Gasteiger partial charge in [0, 0.05) is 51.4 Å². The summed E-state index contributed by atoms with van der Waals surface area (Å²) >= 11 is 2.09. The summed E-state index contributed by atoms with van der Waals surface area (Å²) < 4.78 is 10.4. The number of ether oxygens (including phenoxy) is 2. The van der Waals surface area contributed by atoms with Gasteiger partial charge in [0.15, 0.2) is 5.96 Å². The molecule has 1 unspecified atom stereocenters. The predicted octanol–water partition coefficient (Wildman–Crippen LogP) is 1.69. The molecule has 1 rings (SSSR count). The van der Waals surface area contributed by atoms with E-state index in [4.69, 9.17) is 9.47 Å². The van der Waals surface area contributed by atoms with E-state index >= 15 is 0 Å². The van der Waals surface area contributed by atoms with E-state index in [1.54, 1.807) is 7.11 Å². The zero-order valence-electron chi connectivity index (χ0n) is 13.9. The molecule has 1 saturated heterocycles. The Balaban J connectivity index is 2.22. The first-order chi connectivity index (χ1) is 10.2. The van der Waals surface area contributed by atoms with Crippen LogP contribution in [0.4, 0.5) is 0 Å². The maximum Gasteiger partial charge on any atom is 0.193 e. The van der Waals surface area contributed by atoms with Gasteiger partial charge in [-0.05, 0) is 12.3 Å². The molecule has 0 radical (unpaired) electrons. The average molecular weight is 317 g/mol. The summed E-state index contributed by atoms with van der Waals surface area (Å²) in [4.78, 5) is 6.80. The largest absolute Gasteiger partial charge is 0.382 e. The molecule has 124 valence electrons. The van der Waals surface area contributed by atoms with Crippen LogP contribution in [0.2, 0.25) is 0 Å². The van der Waals surface area contributed by atoms with Crippen molar-refractivity contribution in [3.63, 3.8) is 0 Å². The number of aliphatic imine (C=N–C) groups is 1. The lowest BCUT2D eigenvalue weighted by molar-refractivity contribution is 0.0698. The third-order valence-electron chi connectivity index (χ3n) is 3.53. The zero-order valence-corrected chi connectivity index (χ0v) is 14.7. The number of methoxy groups -OCH3 is 1. The van der Waals surface area contributed by atoms with Gasteiger partial charge in [0.25, 0.3) is 0 Å². The third kappa shape index (κ3) is 7.38. The van der Waals surface area contributed by atoms with E-state index in [9.17, 15) is 0 Å². The van der Waals surface area contributed by atoms with Gasteiger partial charge in [-0.15, -0.1) is 0 Å². The molecule has 0 aliphatic carbocycles. The van der Waals surface area contributed by atoms with E-state index in [0.717, 1.165) is 38.6 Å². The minimum atomic E-state index is 0.664. The lowest BCUT2D eigenvalue weighted by Crippen LogP contribution is -2.49. The quantitative estimate of drug-likeness (QED) is 0.419. The summed E-state index contributed by atoms with van der Waals surface area (Å²) in [5.41, 5.74) is 0. The first kappa shape index (κ1) is 18.6. The van der Waals surface area contributed by atoms with Crippen molar-refractivity contribution in [3.8, 4) is 0 Å². The first-order valence-electron chi connectivity index (χ1n) is 7.83. The van der Waals surface area contributed by atoms with Gasteiger partial charge in [-0.2, -0.15) is 11.8 Å². The lowest BCUT2D eigenvalue weighted by atomic mass is 10.1. The topological polar surface area (TPSA) is 46.1 Å². The molecular weight excluding hydrogens is 286 g/mol. The Morgan fingerprint density at radius 2 is 2.19 bits per heavy atom. The molecular formula is C15H31N3O2S. The Hall–Kier alpha value is -0.460. The Morgan fingerprint density at radius 1 is 1.38 bits per heavy atom. The van der Waals surface area contributed by atoms with Gasteiger partial charge in [0.2, 0.25) is 0 Å². The van der Waals surface area contributed by atoms with E-state index in [2.05, 4.69) is 40.8 Å². The smallest absolute Gasteiger partial charge is 0.193 e. The van der Waals surface area contributed by atoms with Crippen LogP contribution in [0.15, 0.2) is 4.99 Å². The summed E-state index contributed by atoms with van der Waals surface area (Å²) in [5.74, 6) is 2.92. The standard InChI is InChI=1S/C15H31N3O2S/c1-13(2)14-12-18(7-11-21-14)15(16-3)17-6-5-8-20-10-9-19-4/h13-14H,5-12H2,1-4H3,(H,16,17). The van der Waals surface area contributed by atoms with Crippen molar-refractivity contribution in [2.45, 2.75) is 25.5 Å². The Bertz CT molecular complexity index is 301. The highest BCUT2D eigenvalue weighted by molar-refractivity contribution is 8.00. The van der Waals surface area contributed by atoms with Gasteiger partial charge in [-0.1, -0.05) is 13.8 Å². The number of guanidine groups is 1. The Labute approximate surface area is 133 Å². The average Bonchev–Trinajstić information content (AvgIpc) is 2.50. The zero-order chi connectivity index (χ0) is 15.5. The predicted molar refractivity (Wildman–Crippen MR) is 91.3 cm³/mol. The normalized spacial score (nSPS) is 20.1. The van der Waals surface area contributed by atoms with Crippen LogP contribution < -0.4 is 5.32 Å². The highest BCUT2D eigenvalue weighted by Gasteiger charge is 2.24. The number of hydrogen-bond acceptors (Lipinski definition) is 4. The van der Waals surface area contributed by atoms with Crippen molar-refractivity contribution in [3.05, 3.63) is 0 Å². The van der Waals surface area contributed by atoms with Gasteiger partial charge >= 0.3 is 0 Å². The molecule has 0 spiro atoms. The highest BCUT2D eigenvalue weighted by atomic mass is 32.2. The summed E-state index contributed by atoms with van der Waals surface area (Å²) in [6.45, 7) is 9.77. The number of hydrogen-bond donors (Lipinski definition) is 1. The second kappa shape index (κ2) is 11.2. The molecule has 1 N–H and O–H groups in total. The molecule has 1 atom stereocenters. The molecule has 1 fully saturated rings. The Morgan fingerprint density at radius 3 is 2.86 bits per heavy atom. The summed E-state index contributed by atoms with van der Waals surface area (Å²) in [5, 5.41) is 4.15. The molecule has 0 aromatic carbocycles. The van der Waals surface area contributed by atoms with Crippen molar-refractivity contribution in [2.75, 3.05) is 59.4 Å². The molecule has 21 heavy (non-hydrogen) atoms. The van der Waals surface area contributed by atoms with Crippen LogP contribution in [0.25, 0.3) is 0 Å². The van der Waals surface area contributed by atoms with Crippen molar-refractivity contribution < 1.29 is 9.47 Å². The lowest BCUT2D eigenvalue weighted by Gasteiger charge is -2.36. The van der Waals surface area contributed by atoms with Crippen LogP contribution in [0, 0.1) is 5.92 Å². The van der Waals surface area contributed by atoms with Gasteiger partial charge < -0.3 is 19.7 Å². The minimum Gasteiger partial charge on any atom is -0.382 e. The maximum atomic E-state index is 5.46. The molecule has 0 aromatic rings. The van der Waals surface area contributed by atoms with Crippen molar-refractivity contribution in [1.29, 1.82) is 0 Å². The molecule has 0 saturated carbocycles. The van der Waals surface area contributed by atoms with E-state index in [1.807, 2.05) is 7.05 Å². The highest BCUT2D eigenvalue weighted by Crippen LogP contribution is 2.24. The summed E-state index contributed by atoms with van der Waals surface area (Å²) in [6.07, 6.45) is 0.985. The SMILES string of the molecule is CN=C(NCCCOCCOC)N1CCSC(C(C)C)C1. The van der Waals surface area contributed by atoms with Gasteiger partial charge in [0.1, 0.15) is 0 Å². The van der Waals surface area contributed by atoms with E-state index in [0.29, 0.717) is 24.4 Å². The Kier molecular flexibility index (Phi) is 9.87. The molecule has 0 aromatic heterocycles. The van der Waals surface area contributed by atoms with Crippen molar-refractivity contribution in [1.82, 2.24) is 10.2 Å². The van der Waals surface area contributed by atoms with E-state index in [-0.39, 0.29) is 0 Å². The van der Waals surface area contributed by atoms with Crippen LogP contribution in [0.3, 0.4) is 0 Å². The van der Waals surface area contributed by atoms with Gasteiger partial charge in [-0.25, -0.2) is 0 Å². The first-order valence-corrected chi connectivity index (χ1v) is 8.87. The van der Waals surface area contributed by atoms with Crippen LogP contribution >= 0.6 is 11.8 Å². The number of thioether (sulfide) groups is 1. The van der Waals surface area contributed by atoms with Gasteiger partial charge in [-0.3, -0.25) is 4.99 Å².